The second-order valence-electron chi connectivity index (χ2n) is 7.25. The lowest BCUT2D eigenvalue weighted by Crippen LogP contribution is -2.50. The van der Waals surface area contributed by atoms with Gasteiger partial charge < -0.3 is 14.8 Å². The Kier molecular flexibility index (Phi) is 4.66. The van der Waals surface area contributed by atoms with Crippen molar-refractivity contribution in [2.45, 2.75) is 13.0 Å². The van der Waals surface area contributed by atoms with Gasteiger partial charge in [0, 0.05) is 54.3 Å². The smallest absolute Gasteiger partial charge is 0.150 e. The summed E-state index contributed by atoms with van der Waals surface area (Å²) in [4.78, 5) is 16.3. The average molecular weight is 405 g/mol. The van der Waals surface area contributed by atoms with Crippen LogP contribution in [0.15, 0.2) is 61.2 Å². The zero-order chi connectivity index (χ0) is 19.8. The number of piperazine rings is 1. The van der Waals surface area contributed by atoms with Crippen LogP contribution >= 0.6 is 11.6 Å². The van der Waals surface area contributed by atoms with Crippen molar-refractivity contribution in [3.63, 3.8) is 0 Å². The molecule has 1 atom stereocenters. The number of hydrogen-bond donors (Lipinski definition) is 1. The van der Waals surface area contributed by atoms with E-state index in [1.807, 2.05) is 48.7 Å². The summed E-state index contributed by atoms with van der Waals surface area (Å²) in [7, 11) is 0. The van der Waals surface area contributed by atoms with E-state index >= 15 is 0 Å². The molecular weight excluding hydrogens is 384 g/mol. The number of rotatable bonds is 3. The molecule has 0 amide bonds. The van der Waals surface area contributed by atoms with Crippen molar-refractivity contribution in [1.29, 1.82) is 0 Å². The van der Waals surface area contributed by atoms with Crippen molar-refractivity contribution in [1.82, 2.24) is 24.8 Å². The summed E-state index contributed by atoms with van der Waals surface area (Å²) in [5, 5.41) is 5.15. The molecule has 5 rings (SSSR count). The Balaban J connectivity index is 1.79. The highest BCUT2D eigenvalue weighted by Gasteiger charge is 2.25. The van der Waals surface area contributed by atoms with Gasteiger partial charge in [0.05, 0.1) is 11.1 Å². The van der Waals surface area contributed by atoms with E-state index in [2.05, 4.69) is 37.9 Å². The van der Waals surface area contributed by atoms with Crippen molar-refractivity contribution in [2.24, 2.45) is 0 Å². The third-order valence-corrected chi connectivity index (χ3v) is 5.60. The van der Waals surface area contributed by atoms with Crippen LogP contribution in [0, 0.1) is 0 Å². The molecular formula is C22H21ClN6. The highest BCUT2D eigenvalue weighted by atomic mass is 35.5. The van der Waals surface area contributed by atoms with Gasteiger partial charge in [-0.05, 0) is 37.3 Å². The van der Waals surface area contributed by atoms with Crippen LogP contribution < -0.4 is 10.2 Å². The SMILES string of the molecule is C[C@H]1CNCCN1c1ncnc2c1c(-c1ccccn1)cn2-c1cccc(Cl)c1. The molecule has 1 saturated heterocycles. The van der Waals surface area contributed by atoms with Gasteiger partial charge in [0.25, 0.3) is 0 Å². The molecule has 3 aromatic heterocycles. The summed E-state index contributed by atoms with van der Waals surface area (Å²) in [5.41, 5.74) is 3.73. The summed E-state index contributed by atoms with van der Waals surface area (Å²) in [5.74, 6) is 0.949. The largest absolute Gasteiger partial charge is 0.351 e. The van der Waals surface area contributed by atoms with E-state index in [1.165, 1.54) is 0 Å². The molecule has 1 N–H and O–H groups in total. The summed E-state index contributed by atoms with van der Waals surface area (Å²) in [6, 6.07) is 14.1. The summed E-state index contributed by atoms with van der Waals surface area (Å²) >= 11 is 6.27. The first-order valence-electron chi connectivity index (χ1n) is 9.73. The Hall–Kier alpha value is -2.96. The molecule has 1 aromatic carbocycles. The monoisotopic (exact) mass is 404 g/mol. The molecule has 4 heterocycles. The Morgan fingerprint density at radius 1 is 1.10 bits per heavy atom. The lowest BCUT2D eigenvalue weighted by molar-refractivity contribution is 0.498. The molecule has 0 radical (unpaired) electrons. The predicted molar refractivity (Wildman–Crippen MR) is 117 cm³/mol. The molecule has 6 nitrogen and oxygen atoms in total. The van der Waals surface area contributed by atoms with Gasteiger partial charge in [-0.3, -0.25) is 4.98 Å². The van der Waals surface area contributed by atoms with Crippen LogP contribution in [0.2, 0.25) is 5.02 Å². The molecule has 0 saturated carbocycles. The van der Waals surface area contributed by atoms with E-state index in [9.17, 15) is 0 Å². The van der Waals surface area contributed by atoms with Crippen molar-refractivity contribution in [3.8, 4) is 16.9 Å². The van der Waals surface area contributed by atoms with Crippen LogP contribution in [-0.4, -0.2) is 45.2 Å². The van der Waals surface area contributed by atoms with E-state index in [1.54, 1.807) is 6.33 Å². The fourth-order valence-corrected chi connectivity index (χ4v) is 4.14. The van der Waals surface area contributed by atoms with E-state index in [-0.39, 0.29) is 0 Å². The third kappa shape index (κ3) is 3.24. The molecule has 0 spiro atoms. The molecule has 0 bridgehead atoms. The molecule has 1 aliphatic rings. The first-order valence-corrected chi connectivity index (χ1v) is 10.1. The topological polar surface area (TPSA) is 58.9 Å². The maximum absolute atomic E-state index is 6.27. The number of fused-ring (bicyclic) bond motifs is 1. The second kappa shape index (κ2) is 7.46. The Bertz CT molecular complexity index is 1160. The number of hydrogen-bond acceptors (Lipinski definition) is 5. The highest BCUT2D eigenvalue weighted by Crippen LogP contribution is 2.36. The van der Waals surface area contributed by atoms with Crippen LogP contribution in [0.25, 0.3) is 28.0 Å². The number of nitrogens with zero attached hydrogens (tertiary/aromatic N) is 5. The fraction of sp³-hybridized carbons (Fsp3) is 0.227. The average Bonchev–Trinajstić information content (AvgIpc) is 3.15. The van der Waals surface area contributed by atoms with Crippen LogP contribution in [0.5, 0.6) is 0 Å². The van der Waals surface area contributed by atoms with Crippen molar-refractivity contribution in [2.75, 3.05) is 24.5 Å². The fourth-order valence-electron chi connectivity index (χ4n) is 3.96. The van der Waals surface area contributed by atoms with Crippen molar-refractivity contribution in [3.05, 3.63) is 66.2 Å². The summed E-state index contributed by atoms with van der Waals surface area (Å²) in [6.07, 6.45) is 5.55. The zero-order valence-corrected chi connectivity index (χ0v) is 16.8. The van der Waals surface area contributed by atoms with Crippen LogP contribution in [0.4, 0.5) is 5.82 Å². The predicted octanol–water partition coefficient (Wildman–Crippen LogP) is 3.93. The van der Waals surface area contributed by atoms with Gasteiger partial charge in [-0.1, -0.05) is 23.7 Å². The molecule has 146 valence electrons. The lowest BCUT2D eigenvalue weighted by Gasteiger charge is -2.35. The summed E-state index contributed by atoms with van der Waals surface area (Å²) in [6.45, 7) is 4.98. The Morgan fingerprint density at radius 2 is 2.03 bits per heavy atom. The van der Waals surface area contributed by atoms with Gasteiger partial charge >= 0.3 is 0 Å². The van der Waals surface area contributed by atoms with E-state index in [0.29, 0.717) is 11.1 Å². The van der Waals surface area contributed by atoms with Crippen LogP contribution in [0.3, 0.4) is 0 Å². The van der Waals surface area contributed by atoms with Crippen molar-refractivity contribution < 1.29 is 0 Å². The second-order valence-corrected chi connectivity index (χ2v) is 7.69. The Morgan fingerprint density at radius 3 is 2.83 bits per heavy atom. The number of benzene rings is 1. The van der Waals surface area contributed by atoms with E-state index in [4.69, 9.17) is 16.6 Å². The number of anilines is 1. The minimum atomic E-state index is 0.341. The number of pyridine rings is 1. The van der Waals surface area contributed by atoms with Crippen molar-refractivity contribution >= 4 is 28.5 Å². The van der Waals surface area contributed by atoms with E-state index < -0.39 is 0 Å². The summed E-state index contributed by atoms with van der Waals surface area (Å²) < 4.78 is 2.07. The highest BCUT2D eigenvalue weighted by molar-refractivity contribution is 6.30. The van der Waals surface area contributed by atoms with Gasteiger partial charge in [0.1, 0.15) is 12.1 Å². The first kappa shape index (κ1) is 18.1. The van der Waals surface area contributed by atoms with Gasteiger partial charge in [-0.15, -0.1) is 0 Å². The molecule has 0 unspecified atom stereocenters. The normalized spacial score (nSPS) is 17.0. The van der Waals surface area contributed by atoms with Crippen LogP contribution in [0.1, 0.15) is 6.92 Å². The number of halogens is 1. The third-order valence-electron chi connectivity index (χ3n) is 5.36. The minimum absolute atomic E-state index is 0.341. The maximum Gasteiger partial charge on any atom is 0.150 e. The standard InChI is InChI=1S/C22H21ClN6/c1-15-12-24-9-10-28(15)21-20-18(19-7-2-3-8-25-19)13-29(22(20)27-14-26-21)17-6-4-5-16(23)11-17/h2-8,11,13-15,24H,9-10,12H2,1H3/t15-/m0/s1. The molecule has 1 aliphatic heterocycles. The molecule has 4 aromatic rings. The van der Waals surface area contributed by atoms with E-state index in [0.717, 1.165) is 53.4 Å². The zero-order valence-electron chi connectivity index (χ0n) is 16.1. The van der Waals surface area contributed by atoms with Crippen LogP contribution in [-0.2, 0) is 0 Å². The molecule has 7 heteroatoms. The van der Waals surface area contributed by atoms with Gasteiger partial charge in [-0.2, -0.15) is 0 Å². The molecule has 29 heavy (non-hydrogen) atoms. The van der Waals surface area contributed by atoms with Gasteiger partial charge in [0.15, 0.2) is 5.65 Å². The lowest BCUT2D eigenvalue weighted by atomic mass is 10.1. The molecule has 1 fully saturated rings. The van der Waals surface area contributed by atoms with Gasteiger partial charge in [0.2, 0.25) is 0 Å². The molecule has 0 aliphatic carbocycles. The Labute approximate surface area is 174 Å². The quantitative estimate of drug-likeness (QED) is 0.560. The number of aromatic nitrogens is 4. The first-order chi connectivity index (χ1) is 14.2. The maximum atomic E-state index is 6.27. The number of nitrogens with one attached hydrogen (secondary N) is 1. The van der Waals surface area contributed by atoms with Gasteiger partial charge in [-0.25, -0.2) is 9.97 Å². The minimum Gasteiger partial charge on any atom is -0.351 e.